The minimum absolute atomic E-state index is 0.181. The van der Waals surface area contributed by atoms with Gasteiger partial charge in [-0.05, 0) is 18.1 Å². The van der Waals surface area contributed by atoms with E-state index in [0.29, 0.717) is 25.0 Å². The van der Waals surface area contributed by atoms with Crippen molar-refractivity contribution in [3.63, 3.8) is 0 Å². The molecular formula is C21H25N5O2. The number of ether oxygens (including phenoxy) is 1. The lowest BCUT2D eigenvalue weighted by atomic mass is 10.1. The normalized spacial score (nSPS) is 18.9. The van der Waals surface area contributed by atoms with Crippen LogP contribution in [0.3, 0.4) is 0 Å². The van der Waals surface area contributed by atoms with Gasteiger partial charge in [0.1, 0.15) is 17.8 Å². The van der Waals surface area contributed by atoms with E-state index in [4.69, 9.17) is 19.9 Å². The van der Waals surface area contributed by atoms with Crippen molar-refractivity contribution in [1.82, 2.24) is 9.80 Å². The fraction of sp³-hybridized carbons (Fsp3) is 0.333. The highest BCUT2D eigenvalue weighted by Crippen LogP contribution is 2.33. The third-order valence-corrected chi connectivity index (χ3v) is 4.89. The van der Waals surface area contributed by atoms with E-state index in [-0.39, 0.29) is 6.17 Å². The van der Waals surface area contributed by atoms with Gasteiger partial charge in [-0.3, -0.25) is 0 Å². The molecule has 0 amide bonds. The zero-order valence-corrected chi connectivity index (χ0v) is 16.2. The Morgan fingerprint density at radius 1 is 1.18 bits per heavy atom. The molecule has 1 aromatic heterocycles. The molecule has 2 aliphatic heterocycles. The summed E-state index contributed by atoms with van der Waals surface area (Å²) in [6.07, 6.45) is 5.20. The van der Waals surface area contributed by atoms with Gasteiger partial charge < -0.3 is 24.7 Å². The lowest BCUT2D eigenvalue weighted by Gasteiger charge is -2.37. The quantitative estimate of drug-likeness (QED) is 0.780. The fourth-order valence-corrected chi connectivity index (χ4v) is 3.43. The number of likely N-dealkylation sites (N-methyl/N-ethyl adjacent to an activating group) is 1. The fourth-order valence-electron chi connectivity index (χ4n) is 3.43. The summed E-state index contributed by atoms with van der Waals surface area (Å²) in [6.45, 7) is 3.42. The zero-order valence-electron chi connectivity index (χ0n) is 16.2. The topological polar surface area (TPSA) is 79.6 Å². The molecule has 3 heterocycles. The summed E-state index contributed by atoms with van der Waals surface area (Å²) in [7, 11) is 1.97. The van der Waals surface area contributed by atoms with Crippen LogP contribution in [0.15, 0.2) is 74.8 Å². The first kappa shape index (κ1) is 18.2. The average molecular weight is 379 g/mol. The molecule has 0 aliphatic carbocycles. The number of benzene rings is 1. The Bertz CT molecular complexity index is 902. The number of amidine groups is 2. The van der Waals surface area contributed by atoms with Crippen molar-refractivity contribution in [3.05, 3.63) is 71.6 Å². The van der Waals surface area contributed by atoms with Gasteiger partial charge >= 0.3 is 0 Å². The van der Waals surface area contributed by atoms with Crippen molar-refractivity contribution in [1.29, 1.82) is 0 Å². The Morgan fingerprint density at radius 3 is 2.71 bits per heavy atom. The molecule has 28 heavy (non-hydrogen) atoms. The van der Waals surface area contributed by atoms with Crippen molar-refractivity contribution in [3.8, 4) is 0 Å². The van der Waals surface area contributed by atoms with E-state index in [1.54, 1.807) is 12.5 Å². The van der Waals surface area contributed by atoms with E-state index in [1.807, 2.05) is 36.2 Å². The average Bonchev–Trinajstić information content (AvgIpc) is 3.35. The van der Waals surface area contributed by atoms with Crippen molar-refractivity contribution in [2.24, 2.45) is 15.7 Å². The monoisotopic (exact) mass is 379 g/mol. The van der Waals surface area contributed by atoms with Crippen LogP contribution in [0.5, 0.6) is 0 Å². The highest BCUT2D eigenvalue weighted by molar-refractivity contribution is 6.01. The number of hydrogen-bond donors (Lipinski definition) is 1. The molecule has 0 radical (unpaired) electrons. The van der Waals surface area contributed by atoms with Crippen LogP contribution in [0.2, 0.25) is 0 Å². The van der Waals surface area contributed by atoms with Crippen molar-refractivity contribution < 1.29 is 9.15 Å². The van der Waals surface area contributed by atoms with E-state index in [2.05, 4.69) is 28.9 Å². The molecule has 0 saturated heterocycles. The van der Waals surface area contributed by atoms with Crippen LogP contribution in [0.25, 0.3) is 0 Å². The molecule has 0 bridgehead atoms. The van der Waals surface area contributed by atoms with Gasteiger partial charge in [-0.2, -0.15) is 4.99 Å². The first-order chi connectivity index (χ1) is 13.7. The molecule has 0 fully saturated rings. The molecule has 2 N–H and O–H groups in total. The number of rotatable bonds is 6. The van der Waals surface area contributed by atoms with Gasteiger partial charge in [-0.1, -0.05) is 43.7 Å². The Hall–Kier alpha value is -3.22. The maximum absolute atomic E-state index is 6.28. The van der Waals surface area contributed by atoms with Crippen LogP contribution < -0.4 is 5.73 Å². The summed E-state index contributed by atoms with van der Waals surface area (Å²) in [5, 5.41) is 0. The smallest absolute Gasteiger partial charge is 0.295 e. The van der Waals surface area contributed by atoms with Crippen molar-refractivity contribution in [2.75, 3.05) is 13.7 Å². The number of nitrogens with zero attached hydrogens (tertiary/aromatic N) is 4. The third-order valence-electron chi connectivity index (χ3n) is 4.89. The minimum Gasteiger partial charge on any atom is -0.472 e. The summed E-state index contributed by atoms with van der Waals surface area (Å²) in [5.74, 6) is 1.21. The lowest BCUT2D eigenvalue weighted by molar-refractivity contribution is 0.160. The van der Waals surface area contributed by atoms with E-state index in [9.17, 15) is 0 Å². The highest BCUT2D eigenvalue weighted by Gasteiger charge is 2.41. The minimum atomic E-state index is -0.181. The molecule has 1 unspecified atom stereocenters. The van der Waals surface area contributed by atoms with Crippen LogP contribution >= 0.6 is 0 Å². The van der Waals surface area contributed by atoms with Crippen LogP contribution in [0, 0.1) is 0 Å². The molecule has 0 spiro atoms. The van der Waals surface area contributed by atoms with Crippen LogP contribution in [-0.4, -0.2) is 41.5 Å². The van der Waals surface area contributed by atoms with Gasteiger partial charge in [0.05, 0.1) is 18.4 Å². The lowest BCUT2D eigenvalue weighted by Crippen LogP contribution is -2.51. The molecule has 146 valence electrons. The Kier molecular flexibility index (Phi) is 5.06. The molecule has 2 aromatic rings. The van der Waals surface area contributed by atoms with E-state index < -0.39 is 0 Å². The Balaban J connectivity index is 1.69. The summed E-state index contributed by atoms with van der Waals surface area (Å²) in [4.78, 5) is 13.5. The molecule has 1 atom stereocenters. The predicted molar refractivity (Wildman–Crippen MR) is 108 cm³/mol. The van der Waals surface area contributed by atoms with Gasteiger partial charge in [0.25, 0.3) is 6.02 Å². The second kappa shape index (κ2) is 7.80. The van der Waals surface area contributed by atoms with E-state index in [1.165, 1.54) is 5.56 Å². The van der Waals surface area contributed by atoms with Crippen molar-refractivity contribution >= 4 is 11.9 Å². The van der Waals surface area contributed by atoms with Crippen LogP contribution in [0.4, 0.5) is 0 Å². The van der Waals surface area contributed by atoms with Gasteiger partial charge in [0.15, 0.2) is 12.0 Å². The van der Waals surface area contributed by atoms with Gasteiger partial charge in [0.2, 0.25) is 0 Å². The number of fused-ring (bicyclic) bond motifs is 1. The standard InChI is InChI=1S/C21H25N5O2/c1-3-4-11-28-21-24-18(22)17-20(25(21)2)26(13-15-8-6-5-7-9-15)19(23-17)16-10-12-27-14-16/h5-10,12,14,20H,3-4,11,13,22H2,1-2H3. The SMILES string of the molecule is CCCCOC1=NC(N)=C2N=C(c3ccoc3)N(Cc3ccccc3)C2N1C. The molecule has 4 rings (SSSR count). The number of furan rings is 1. The summed E-state index contributed by atoms with van der Waals surface area (Å²) < 4.78 is 11.2. The molecule has 7 heteroatoms. The number of nitrogens with two attached hydrogens (primary N) is 1. The van der Waals surface area contributed by atoms with E-state index in [0.717, 1.165) is 29.9 Å². The van der Waals surface area contributed by atoms with Gasteiger partial charge in [-0.15, -0.1) is 0 Å². The van der Waals surface area contributed by atoms with Crippen LogP contribution in [0.1, 0.15) is 30.9 Å². The van der Waals surface area contributed by atoms with Gasteiger partial charge in [0, 0.05) is 13.6 Å². The Labute approximate surface area is 164 Å². The molecule has 2 aliphatic rings. The molecule has 0 saturated carbocycles. The summed E-state index contributed by atoms with van der Waals surface area (Å²) >= 11 is 0. The largest absolute Gasteiger partial charge is 0.472 e. The molecular weight excluding hydrogens is 354 g/mol. The summed E-state index contributed by atoms with van der Waals surface area (Å²) in [5.41, 5.74) is 9.10. The van der Waals surface area contributed by atoms with Crippen molar-refractivity contribution in [2.45, 2.75) is 32.5 Å². The van der Waals surface area contributed by atoms with Crippen LogP contribution in [-0.2, 0) is 11.3 Å². The highest BCUT2D eigenvalue weighted by atomic mass is 16.5. The maximum Gasteiger partial charge on any atom is 0.295 e. The van der Waals surface area contributed by atoms with E-state index >= 15 is 0 Å². The summed E-state index contributed by atoms with van der Waals surface area (Å²) in [6, 6.07) is 12.7. The number of unbranched alkanes of at least 4 members (excludes halogenated alkanes) is 1. The maximum atomic E-state index is 6.28. The number of aliphatic imine (C=N–C) groups is 2. The molecule has 1 aromatic carbocycles. The van der Waals surface area contributed by atoms with Gasteiger partial charge in [-0.25, -0.2) is 4.99 Å². The second-order valence-corrected chi connectivity index (χ2v) is 6.91. The molecule has 7 nitrogen and oxygen atoms in total. The first-order valence-corrected chi connectivity index (χ1v) is 9.55. The number of hydrogen-bond acceptors (Lipinski definition) is 7. The predicted octanol–water partition coefficient (Wildman–Crippen LogP) is 3.11. The Morgan fingerprint density at radius 2 is 2.00 bits per heavy atom. The zero-order chi connectivity index (χ0) is 19.5. The third kappa shape index (κ3) is 3.35. The second-order valence-electron chi connectivity index (χ2n) is 6.91. The first-order valence-electron chi connectivity index (χ1n) is 9.55.